The summed E-state index contributed by atoms with van der Waals surface area (Å²) in [5, 5.41) is 4.12. The lowest BCUT2D eigenvalue weighted by Gasteiger charge is -2.07. The molecule has 0 aliphatic carbocycles. The van der Waals surface area contributed by atoms with Crippen molar-refractivity contribution in [2.75, 3.05) is 7.11 Å². The molecule has 0 fully saturated rings. The molecule has 1 amide bonds. The number of carbonyl (C=O) groups is 1. The highest BCUT2D eigenvalue weighted by molar-refractivity contribution is 6.31. The fourth-order valence-electron chi connectivity index (χ4n) is 1.66. The summed E-state index contributed by atoms with van der Waals surface area (Å²) in [5.41, 5.74) is 2.82. The van der Waals surface area contributed by atoms with E-state index in [1.807, 2.05) is 0 Å². The average Bonchev–Trinajstić information content (AvgIpc) is 2.49. The summed E-state index contributed by atoms with van der Waals surface area (Å²) in [7, 11) is 1.45. The van der Waals surface area contributed by atoms with E-state index in [-0.39, 0.29) is 11.1 Å². The van der Waals surface area contributed by atoms with Crippen LogP contribution in [-0.2, 0) is 0 Å². The van der Waals surface area contributed by atoms with Crippen LogP contribution in [0.15, 0.2) is 47.6 Å². The zero-order valence-corrected chi connectivity index (χ0v) is 11.9. The molecule has 0 atom stereocenters. The SMILES string of the molecule is COc1ccc(Cl)cc1C(=O)NN=Cc1ccccc1F. The third kappa shape index (κ3) is 3.79. The van der Waals surface area contributed by atoms with Crippen molar-refractivity contribution in [2.45, 2.75) is 0 Å². The van der Waals surface area contributed by atoms with Crippen molar-refractivity contribution in [3.05, 3.63) is 64.4 Å². The van der Waals surface area contributed by atoms with Crippen molar-refractivity contribution in [3.8, 4) is 5.75 Å². The summed E-state index contributed by atoms with van der Waals surface area (Å²) < 4.78 is 18.4. The summed E-state index contributed by atoms with van der Waals surface area (Å²) >= 11 is 5.85. The second-order valence-corrected chi connectivity index (χ2v) is 4.50. The van der Waals surface area contributed by atoms with Gasteiger partial charge in [-0.25, -0.2) is 9.82 Å². The highest BCUT2D eigenvalue weighted by Gasteiger charge is 2.12. The van der Waals surface area contributed by atoms with Crippen LogP contribution < -0.4 is 10.2 Å². The molecule has 4 nitrogen and oxygen atoms in total. The normalized spacial score (nSPS) is 10.6. The van der Waals surface area contributed by atoms with Crippen LogP contribution in [-0.4, -0.2) is 19.2 Å². The Morgan fingerprint density at radius 2 is 2.10 bits per heavy atom. The Labute approximate surface area is 126 Å². The van der Waals surface area contributed by atoms with Gasteiger partial charge < -0.3 is 4.74 Å². The van der Waals surface area contributed by atoms with Gasteiger partial charge >= 0.3 is 0 Å². The van der Waals surface area contributed by atoms with Crippen LogP contribution >= 0.6 is 11.6 Å². The van der Waals surface area contributed by atoms with Gasteiger partial charge in [0.15, 0.2) is 0 Å². The monoisotopic (exact) mass is 306 g/mol. The molecule has 2 aromatic carbocycles. The minimum Gasteiger partial charge on any atom is -0.496 e. The first-order valence-electron chi connectivity index (χ1n) is 6.03. The number of methoxy groups -OCH3 is 1. The first-order chi connectivity index (χ1) is 10.1. The molecule has 6 heteroatoms. The number of hydrazone groups is 1. The van der Waals surface area contributed by atoms with Gasteiger partial charge in [-0.3, -0.25) is 4.79 Å². The molecule has 108 valence electrons. The summed E-state index contributed by atoms with van der Waals surface area (Å²) in [6.07, 6.45) is 1.23. The van der Waals surface area contributed by atoms with Gasteiger partial charge in [0.2, 0.25) is 0 Å². The van der Waals surface area contributed by atoms with Crippen molar-refractivity contribution in [1.82, 2.24) is 5.43 Å². The van der Waals surface area contributed by atoms with E-state index in [1.54, 1.807) is 30.3 Å². The second-order valence-electron chi connectivity index (χ2n) is 4.07. The molecule has 0 saturated carbocycles. The van der Waals surface area contributed by atoms with Gasteiger partial charge in [0.1, 0.15) is 11.6 Å². The van der Waals surface area contributed by atoms with E-state index in [9.17, 15) is 9.18 Å². The number of benzene rings is 2. The van der Waals surface area contributed by atoms with Crippen LogP contribution in [0.3, 0.4) is 0 Å². The lowest BCUT2D eigenvalue weighted by molar-refractivity contribution is 0.0952. The number of hydrogen-bond donors (Lipinski definition) is 1. The first kappa shape index (κ1) is 15.0. The Morgan fingerprint density at radius 3 is 2.81 bits per heavy atom. The van der Waals surface area contributed by atoms with Gasteiger partial charge in [0.05, 0.1) is 18.9 Å². The molecule has 0 saturated heterocycles. The molecule has 0 spiro atoms. The Morgan fingerprint density at radius 1 is 1.33 bits per heavy atom. The van der Waals surface area contributed by atoms with E-state index in [2.05, 4.69) is 10.5 Å². The fourth-order valence-corrected chi connectivity index (χ4v) is 1.83. The van der Waals surface area contributed by atoms with Crippen molar-refractivity contribution in [2.24, 2.45) is 5.10 Å². The van der Waals surface area contributed by atoms with Crippen molar-refractivity contribution in [3.63, 3.8) is 0 Å². The number of halogens is 2. The molecular formula is C15H12ClFN2O2. The molecule has 0 aromatic heterocycles. The minimum absolute atomic E-state index is 0.246. The van der Waals surface area contributed by atoms with E-state index in [0.29, 0.717) is 10.8 Å². The standard InChI is InChI=1S/C15H12ClFN2O2/c1-21-14-7-6-11(16)8-12(14)15(20)19-18-9-10-4-2-3-5-13(10)17/h2-9H,1H3,(H,19,20). The maximum Gasteiger partial charge on any atom is 0.275 e. The third-order valence-electron chi connectivity index (χ3n) is 2.68. The second kappa shape index (κ2) is 6.85. The van der Waals surface area contributed by atoms with E-state index < -0.39 is 11.7 Å². The van der Waals surface area contributed by atoms with Gasteiger partial charge in [-0.05, 0) is 24.3 Å². The largest absolute Gasteiger partial charge is 0.496 e. The van der Waals surface area contributed by atoms with E-state index in [0.717, 1.165) is 0 Å². The zero-order chi connectivity index (χ0) is 15.2. The number of ether oxygens (including phenoxy) is 1. The smallest absolute Gasteiger partial charge is 0.275 e. The number of rotatable bonds is 4. The van der Waals surface area contributed by atoms with Crippen LogP contribution in [0.1, 0.15) is 15.9 Å². The average molecular weight is 307 g/mol. The molecule has 0 unspecified atom stereocenters. The molecule has 0 heterocycles. The molecule has 2 rings (SSSR count). The molecule has 0 aliphatic heterocycles. The first-order valence-corrected chi connectivity index (χ1v) is 6.41. The Bertz CT molecular complexity index is 689. The minimum atomic E-state index is -0.498. The number of nitrogens with zero attached hydrogens (tertiary/aromatic N) is 1. The topological polar surface area (TPSA) is 50.7 Å². The van der Waals surface area contributed by atoms with Crippen molar-refractivity contribution < 1.29 is 13.9 Å². The van der Waals surface area contributed by atoms with E-state index >= 15 is 0 Å². The van der Waals surface area contributed by atoms with Gasteiger partial charge in [0, 0.05) is 10.6 Å². The van der Waals surface area contributed by atoms with Crippen LogP contribution in [0, 0.1) is 5.82 Å². The summed E-state index contributed by atoms with van der Waals surface area (Å²) in [6.45, 7) is 0. The van der Waals surface area contributed by atoms with Gasteiger partial charge in [-0.2, -0.15) is 5.10 Å². The van der Waals surface area contributed by atoms with Crippen molar-refractivity contribution in [1.29, 1.82) is 0 Å². The van der Waals surface area contributed by atoms with E-state index in [4.69, 9.17) is 16.3 Å². The number of nitrogens with one attached hydrogen (secondary N) is 1. The van der Waals surface area contributed by atoms with Crippen LogP contribution in [0.2, 0.25) is 5.02 Å². The zero-order valence-electron chi connectivity index (χ0n) is 11.1. The highest BCUT2D eigenvalue weighted by Crippen LogP contribution is 2.22. The van der Waals surface area contributed by atoms with Gasteiger partial charge in [-0.1, -0.05) is 29.8 Å². The van der Waals surface area contributed by atoms with Crippen LogP contribution in [0.4, 0.5) is 4.39 Å². The number of amides is 1. The molecule has 0 bridgehead atoms. The lowest BCUT2D eigenvalue weighted by Crippen LogP contribution is -2.18. The molecule has 0 radical (unpaired) electrons. The summed E-state index contributed by atoms with van der Waals surface area (Å²) in [6, 6.07) is 10.8. The molecule has 0 aliphatic rings. The molecule has 2 aromatic rings. The molecule has 21 heavy (non-hydrogen) atoms. The summed E-state index contributed by atoms with van der Waals surface area (Å²) in [4.78, 5) is 12.0. The van der Waals surface area contributed by atoms with Gasteiger partial charge in [-0.15, -0.1) is 0 Å². The summed E-state index contributed by atoms with van der Waals surface area (Å²) in [5.74, 6) is -0.546. The molecule has 1 N–H and O–H groups in total. The van der Waals surface area contributed by atoms with Crippen LogP contribution in [0.25, 0.3) is 0 Å². The van der Waals surface area contributed by atoms with Gasteiger partial charge in [0.25, 0.3) is 5.91 Å². The Kier molecular flexibility index (Phi) is 4.90. The van der Waals surface area contributed by atoms with E-state index in [1.165, 1.54) is 25.5 Å². The quantitative estimate of drug-likeness (QED) is 0.696. The number of carbonyl (C=O) groups excluding carboxylic acids is 1. The fraction of sp³-hybridized carbons (Fsp3) is 0.0667. The van der Waals surface area contributed by atoms with Crippen LogP contribution in [0.5, 0.6) is 5.75 Å². The van der Waals surface area contributed by atoms with Crippen molar-refractivity contribution >= 4 is 23.7 Å². The molecular weight excluding hydrogens is 295 g/mol. The highest BCUT2D eigenvalue weighted by atomic mass is 35.5. The third-order valence-corrected chi connectivity index (χ3v) is 2.92. The number of hydrogen-bond acceptors (Lipinski definition) is 3. The maximum absolute atomic E-state index is 13.4. The Balaban J connectivity index is 2.12. The predicted octanol–water partition coefficient (Wildman–Crippen LogP) is 3.25. The lowest BCUT2D eigenvalue weighted by atomic mass is 10.2. The predicted molar refractivity (Wildman–Crippen MR) is 79.5 cm³/mol. The maximum atomic E-state index is 13.4. The Hall–Kier alpha value is -2.40.